The lowest BCUT2D eigenvalue weighted by Gasteiger charge is -2.39. The summed E-state index contributed by atoms with van der Waals surface area (Å²) in [6, 6.07) is 2.80. The van der Waals surface area contributed by atoms with Gasteiger partial charge in [-0.3, -0.25) is 9.80 Å². The van der Waals surface area contributed by atoms with Gasteiger partial charge >= 0.3 is 6.03 Å². The van der Waals surface area contributed by atoms with Crippen molar-refractivity contribution in [2.24, 2.45) is 0 Å². The summed E-state index contributed by atoms with van der Waals surface area (Å²) < 4.78 is 20.4. The molecule has 2 saturated carbocycles. The first-order valence-corrected chi connectivity index (χ1v) is 12.3. The van der Waals surface area contributed by atoms with Crippen molar-refractivity contribution in [3.05, 3.63) is 34.7 Å². The number of carbonyl (C=O) groups excluding carboxylic acids is 1. The lowest BCUT2D eigenvalue weighted by atomic mass is 9.93. The number of nitrogens with zero attached hydrogens (tertiary/aromatic N) is 4. The normalized spacial score (nSPS) is 23.2. The number of methoxy groups -OCH3 is 1. The van der Waals surface area contributed by atoms with E-state index in [2.05, 4.69) is 10.3 Å². The fourth-order valence-corrected chi connectivity index (χ4v) is 5.49. The zero-order valence-electron chi connectivity index (χ0n) is 19.1. The van der Waals surface area contributed by atoms with Crippen LogP contribution in [0.1, 0.15) is 56.9 Å². The Kier molecular flexibility index (Phi) is 6.48. The molecule has 2 heterocycles. The highest BCUT2D eigenvalue weighted by atomic mass is 35.5. The van der Waals surface area contributed by atoms with Crippen LogP contribution in [0.3, 0.4) is 0 Å². The van der Waals surface area contributed by atoms with Crippen molar-refractivity contribution in [3.63, 3.8) is 0 Å². The Morgan fingerprint density at radius 1 is 1.18 bits per heavy atom. The molecule has 1 aromatic carbocycles. The topological polar surface area (TPSA) is 90.8 Å². The van der Waals surface area contributed by atoms with Gasteiger partial charge < -0.3 is 15.2 Å². The molecular formula is C24H29ClFN5O3. The van der Waals surface area contributed by atoms with Gasteiger partial charge in [-0.15, -0.1) is 0 Å². The minimum absolute atomic E-state index is 0.00243. The average molecular weight is 490 g/mol. The Hall–Kier alpha value is -2.65. The van der Waals surface area contributed by atoms with Gasteiger partial charge in [0, 0.05) is 23.8 Å². The van der Waals surface area contributed by atoms with Crippen molar-refractivity contribution in [2.75, 3.05) is 22.2 Å². The fraction of sp³-hybridized carbons (Fsp3) is 0.542. The van der Waals surface area contributed by atoms with E-state index in [1.165, 1.54) is 24.1 Å². The van der Waals surface area contributed by atoms with Gasteiger partial charge in [0.1, 0.15) is 11.5 Å². The monoisotopic (exact) mass is 489 g/mol. The van der Waals surface area contributed by atoms with Crippen LogP contribution in [0.2, 0.25) is 5.02 Å². The number of rotatable bonds is 5. The van der Waals surface area contributed by atoms with Crippen molar-refractivity contribution in [2.45, 2.75) is 76.1 Å². The second-order valence-electron chi connectivity index (χ2n) is 9.28. The number of fused-ring (bicyclic) bond motifs is 1. The lowest BCUT2D eigenvalue weighted by Crippen LogP contribution is -2.52. The summed E-state index contributed by atoms with van der Waals surface area (Å²) in [5.41, 5.74) is 0.733. The second kappa shape index (κ2) is 9.54. The molecule has 10 heteroatoms. The Bertz CT molecular complexity index is 1070. The predicted molar refractivity (Wildman–Crippen MR) is 128 cm³/mol. The molecule has 2 N–H and O–H groups in total. The van der Waals surface area contributed by atoms with Crippen LogP contribution in [0, 0.1) is 5.82 Å². The number of halogens is 2. The number of anilines is 3. The number of hydrogen-bond acceptors (Lipinski definition) is 6. The summed E-state index contributed by atoms with van der Waals surface area (Å²) in [7, 11) is 1.38. The molecule has 0 atom stereocenters. The summed E-state index contributed by atoms with van der Waals surface area (Å²) in [6.45, 7) is 0.108. The van der Waals surface area contributed by atoms with Crippen LogP contribution in [0.25, 0.3) is 0 Å². The van der Waals surface area contributed by atoms with Gasteiger partial charge in [-0.2, -0.15) is 4.98 Å². The minimum atomic E-state index is -0.670. The van der Waals surface area contributed by atoms with Crippen molar-refractivity contribution in [3.8, 4) is 5.75 Å². The molecular weight excluding hydrogens is 461 g/mol. The Morgan fingerprint density at radius 2 is 1.91 bits per heavy atom. The van der Waals surface area contributed by atoms with E-state index in [1.807, 2.05) is 0 Å². The Labute approximate surface area is 203 Å². The number of benzene rings is 1. The van der Waals surface area contributed by atoms with E-state index in [-0.39, 0.29) is 47.2 Å². The third kappa shape index (κ3) is 4.27. The molecule has 0 bridgehead atoms. The highest BCUT2D eigenvalue weighted by Gasteiger charge is 2.40. The Morgan fingerprint density at radius 3 is 2.62 bits per heavy atom. The summed E-state index contributed by atoms with van der Waals surface area (Å²) in [4.78, 5) is 26.1. The summed E-state index contributed by atoms with van der Waals surface area (Å²) in [5, 5.41) is 13.3. The second-order valence-corrected chi connectivity index (χ2v) is 9.69. The van der Waals surface area contributed by atoms with Crippen LogP contribution >= 0.6 is 11.6 Å². The van der Waals surface area contributed by atoms with Crippen LogP contribution in [0.15, 0.2) is 18.3 Å². The first-order valence-electron chi connectivity index (χ1n) is 11.9. The SMILES string of the molecule is COc1ccc(Cl)c(N2Cc3cnc(NC4CCC(O)CC4)nc3N(C3CCCC3)C2=O)c1F. The third-order valence-electron chi connectivity index (χ3n) is 7.08. The molecule has 0 unspecified atom stereocenters. The molecule has 3 aliphatic rings. The van der Waals surface area contributed by atoms with E-state index in [0.29, 0.717) is 11.8 Å². The zero-order valence-corrected chi connectivity index (χ0v) is 19.9. The number of aromatic nitrogens is 2. The Balaban J connectivity index is 1.50. The standard InChI is InChI=1S/C24H29ClFN5O3/c1-34-19-11-10-18(25)21(20(19)26)30-13-14-12-27-23(28-15-6-8-17(32)9-7-15)29-22(14)31(24(30)33)16-4-2-3-5-16/h10-12,15-17,32H,2-9,13H2,1H3,(H,27,28,29). The van der Waals surface area contributed by atoms with Gasteiger partial charge in [0.2, 0.25) is 5.95 Å². The molecule has 2 aliphatic carbocycles. The quantitative estimate of drug-likeness (QED) is 0.622. The molecule has 0 radical (unpaired) electrons. The van der Waals surface area contributed by atoms with Crippen LogP contribution in [0.4, 0.5) is 26.6 Å². The number of aliphatic hydroxyl groups is 1. The van der Waals surface area contributed by atoms with Crippen LogP contribution < -0.4 is 19.9 Å². The summed E-state index contributed by atoms with van der Waals surface area (Å²) in [6.07, 6.45) is 8.41. The predicted octanol–water partition coefficient (Wildman–Crippen LogP) is 4.88. The molecule has 182 valence electrons. The largest absolute Gasteiger partial charge is 0.494 e. The lowest BCUT2D eigenvalue weighted by molar-refractivity contribution is 0.126. The maximum atomic E-state index is 15.2. The first kappa shape index (κ1) is 23.1. The first-order chi connectivity index (χ1) is 16.5. The van der Waals surface area contributed by atoms with Gasteiger partial charge in [-0.05, 0) is 50.7 Å². The van der Waals surface area contributed by atoms with Gasteiger partial charge in [0.25, 0.3) is 0 Å². The molecule has 0 spiro atoms. The third-order valence-corrected chi connectivity index (χ3v) is 7.38. The number of aliphatic hydroxyl groups excluding tert-OH is 1. The average Bonchev–Trinajstić information content (AvgIpc) is 3.35. The molecule has 2 amide bonds. The molecule has 0 saturated heterocycles. The number of nitrogens with one attached hydrogen (secondary N) is 1. The van der Waals surface area contributed by atoms with Crippen molar-refractivity contribution in [1.29, 1.82) is 0 Å². The molecule has 2 aromatic rings. The van der Waals surface area contributed by atoms with Crippen LogP contribution in [-0.4, -0.2) is 46.4 Å². The van der Waals surface area contributed by atoms with Crippen molar-refractivity contribution >= 4 is 35.1 Å². The van der Waals surface area contributed by atoms with Crippen LogP contribution in [0.5, 0.6) is 5.75 Å². The molecule has 5 rings (SSSR count). The highest BCUT2D eigenvalue weighted by molar-refractivity contribution is 6.34. The van der Waals surface area contributed by atoms with Crippen molar-refractivity contribution in [1.82, 2.24) is 9.97 Å². The number of amides is 2. The van der Waals surface area contributed by atoms with Crippen molar-refractivity contribution < 1.29 is 19.0 Å². The minimum Gasteiger partial charge on any atom is -0.494 e. The van der Waals surface area contributed by atoms with E-state index in [4.69, 9.17) is 21.3 Å². The van der Waals surface area contributed by atoms with Gasteiger partial charge in [0.05, 0.1) is 24.8 Å². The molecule has 1 aliphatic heterocycles. The zero-order chi connectivity index (χ0) is 23.8. The van der Waals surface area contributed by atoms with Gasteiger partial charge in [0.15, 0.2) is 11.6 Å². The number of ether oxygens (including phenoxy) is 1. The summed E-state index contributed by atoms with van der Waals surface area (Å²) in [5.74, 6) is 0.395. The number of hydrogen-bond donors (Lipinski definition) is 2. The van der Waals surface area contributed by atoms with E-state index in [1.54, 1.807) is 11.1 Å². The fourth-order valence-electron chi connectivity index (χ4n) is 5.24. The van der Waals surface area contributed by atoms with Gasteiger partial charge in [-0.25, -0.2) is 14.2 Å². The van der Waals surface area contributed by atoms with E-state index < -0.39 is 5.82 Å². The molecule has 8 nitrogen and oxygen atoms in total. The van der Waals surface area contributed by atoms with E-state index in [0.717, 1.165) is 56.9 Å². The highest BCUT2D eigenvalue weighted by Crippen LogP contribution is 2.41. The van der Waals surface area contributed by atoms with E-state index in [9.17, 15) is 9.90 Å². The molecule has 2 fully saturated rings. The number of carbonyl (C=O) groups is 1. The van der Waals surface area contributed by atoms with Crippen LogP contribution in [-0.2, 0) is 6.54 Å². The molecule has 1 aromatic heterocycles. The number of urea groups is 1. The maximum absolute atomic E-state index is 15.2. The molecule has 34 heavy (non-hydrogen) atoms. The smallest absolute Gasteiger partial charge is 0.330 e. The maximum Gasteiger partial charge on any atom is 0.330 e. The summed E-state index contributed by atoms with van der Waals surface area (Å²) >= 11 is 6.37. The van der Waals surface area contributed by atoms with E-state index >= 15 is 4.39 Å². The van der Waals surface area contributed by atoms with Gasteiger partial charge in [-0.1, -0.05) is 24.4 Å².